The lowest BCUT2D eigenvalue weighted by Gasteiger charge is -2.36. The number of nitrogens with zero attached hydrogens (tertiary/aromatic N) is 2. The number of rotatable bonds is 7. The average Bonchev–Trinajstić information content (AvgIpc) is 2.97. The largest absolute Gasteiger partial charge is 0.497 e. The topological polar surface area (TPSA) is 96.0 Å². The maximum atomic E-state index is 12.8. The highest BCUT2D eigenvalue weighted by Crippen LogP contribution is 2.22. The molecule has 1 saturated heterocycles. The van der Waals surface area contributed by atoms with Crippen molar-refractivity contribution in [2.75, 3.05) is 49.3 Å². The van der Waals surface area contributed by atoms with Gasteiger partial charge in [-0.05, 0) is 71.4 Å². The van der Waals surface area contributed by atoms with E-state index in [0.717, 1.165) is 16.5 Å². The van der Waals surface area contributed by atoms with E-state index in [0.29, 0.717) is 43.2 Å². The predicted octanol–water partition coefficient (Wildman–Crippen LogP) is 4.22. The summed E-state index contributed by atoms with van der Waals surface area (Å²) < 4.78 is 30.8. The summed E-state index contributed by atoms with van der Waals surface area (Å²) in [5.41, 5.74) is 2.12. The van der Waals surface area contributed by atoms with Gasteiger partial charge in [-0.1, -0.05) is 30.3 Å². The third kappa shape index (κ3) is 6.04. The molecule has 1 fully saturated rings. The van der Waals surface area contributed by atoms with Gasteiger partial charge in [-0.2, -0.15) is 0 Å². The quantitative estimate of drug-likeness (QED) is 0.375. The van der Waals surface area contributed by atoms with E-state index in [1.165, 1.54) is 6.07 Å². The highest BCUT2D eigenvalue weighted by Gasteiger charge is 2.23. The van der Waals surface area contributed by atoms with E-state index in [-0.39, 0.29) is 10.8 Å². The molecule has 0 saturated carbocycles. The number of ether oxygens (including phenoxy) is 1. The number of piperazine rings is 1. The molecule has 1 aliphatic heterocycles. The molecule has 0 aliphatic carbocycles. The number of carbonyl (C=O) groups is 2. The van der Waals surface area contributed by atoms with Crippen LogP contribution in [0.3, 0.4) is 0 Å². The van der Waals surface area contributed by atoms with Gasteiger partial charge in [-0.3, -0.25) is 9.59 Å². The Morgan fingerprint density at radius 1 is 0.821 bits per heavy atom. The molecule has 39 heavy (non-hydrogen) atoms. The molecule has 2 amide bonds. The summed E-state index contributed by atoms with van der Waals surface area (Å²) in [5, 5.41) is 4.43. The van der Waals surface area contributed by atoms with Crippen LogP contribution in [0.2, 0.25) is 0 Å². The van der Waals surface area contributed by atoms with Crippen LogP contribution in [0.25, 0.3) is 10.8 Å². The van der Waals surface area contributed by atoms with Gasteiger partial charge < -0.3 is 19.9 Å². The Kier molecular flexibility index (Phi) is 7.51. The Morgan fingerprint density at radius 2 is 1.49 bits per heavy atom. The van der Waals surface area contributed by atoms with Crippen LogP contribution in [-0.4, -0.2) is 64.2 Å². The van der Waals surface area contributed by atoms with Crippen molar-refractivity contribution in [3.05, 3.63) is 96.6 Å². The highest BCUT2D eigenvalue weighted by molar-refractivity contribution is 7.92. The molecule has 1 heterocycles. The monoisotopic (exact) mass is 543 g/mol. The fourth-order valence-electron chi connectivity index (χ4n) is 4.65. The lowest BCUT2D eigenvalue weighted by atomic mass is 10.1. The minimum Gasteiger partial charge on any atom is -0.497 e. The van der Waals surface area contributed by atoms with Crippen LogP contribution in [0.4, 0.5) is 11.4 Å². The first-order chi connectivity index (χ1) is 18.8. The van der Waals surface area contributed by atoms with Gasteiger partial charge in [-0.25, -0.2) is 8.42 Å². The first-order valence-corrected chi connectivity index (χ1v) is 14.3. The zero-order chi connectivity index (χ0) is 27.4. The van der Waals surface area contributed by atoms with Crippen molar-refractivity contribution >= 4 is 43.8 Å². The van der Waals surface area contributed by atoms with Crippen LogP contribution < -0.4 is 15.0 Å². The number of methoxy groups -OCH3 is 1. The molecule has 0 unspecified atom stereocenters. The minimum absolute atomic E-state index is 0.00555. The summed E-state index contributed by atoms with van der Waals surface area (Å²) in [5.74, 6) is -0.532. The van der Waals surface area contributed by atoms with Gasteiger partial charge in [0.05, 0.1) is 12.0 Å². The molecule has 200 valence electrons. The standard InChI is InChI=1S/C30H29N3O5S/c1-38-27-13-6-23(7-14-27)30(35)33-18-16-32(17-19-33)26-11-9-25(10-12-26)31-29(34)21-39(36,37)28-15-8-22-4-2-3-5-24(22)20-28/h2-15,20H,16-19,21H2,1H3,(H,31,34). The fourth-order valence-corrected chi connectivity index (χ4v) is 5.82. The van der Waals surface area contributed by atoms with Crippen LogP contribution in [0, 0.1) is 0 Å². The van der Waals surface area contributed by atoms with Crippen LogP contribution in [0.15, 0.2) is 95.9 Å². The minimum atomic E-state index is -3.79. The van der Waals surface area contributed by atoms with Crippen LogP contribution >= 0.6 is 0 Å². The van der Waals surface area contributed by atoms with Gasteiger partial charge in [0, 0.05) is 43.1 Å². The predicted molar refractivity (Wildman–Crippen MR) is 152 cm³/mol. The zero-order valence-corrected chi connectivity index (χ0v) is 22.4. The number of anilines is 2. The van der Waals surface area contributed by atoms with Gasteiger partial charge in [-0.15, -0.1) is 0 Å². The van der Waals surface area contributed by atoms with Crippen molar-refractivity contribution in [3.63, 3.8) is 0 Å². The molecule has 1 N–H and O–H groups in total. The van der Waals surface area contributed by atoms with Crippen LogP contribution in [0.5, 0.6) is 5.75 Å². The van der Waals surface area contributed by atoms with Crippen LogP contribution in [0.1, 0.15) is 10.4 Å². The summed E-state index contributed by atoms with van der Waals surface area (Å²) in [7, 11) is -2.20. The molecule has 5 rings (SSSR count). The molecule has 4 aromatic carbocycles. The van der Waals surface area contributed by atoms with Crippen molar-refractivity contribution < 1.29 is 22.7 Å². The lowest BCUT2D eigenvalue weighted by molar-refractivity contribution is -0.113. The van der Waals surface area contributed by atoms with Gasteiger partial charge in [0.25, 0.3) is 5.91 Å². The van der Waals surface area contributed by atoms with Crippen LogP contribution in [-0.2, 0) is 14.6 Å². The van der Waals surface area contributed by atoms with E-state index >= 15 is 0 Å². The summed E-state index contributed by atoms with van der Waals surface area (Å²) in [4.78, 5) is 29.5. The molecule has 8 nitrogen and oxygen atoms in total. The zero-order valence-electron chi connectivity index (χ0n) is 21.5. The smallest absolute Gasteiger partial charge is 0.253 e. The van der Waals surface area contributed by atoms with Gasteiger partial charge in [0.1, 0.15) is 11.5 Å². The number of sulfone groups is 1. The van der Waals surface area contributed by atoms with Crippen molar-refractivity contribution in [1.82, 2.24) is 4.90 Å². The van der Waals surface area contributed by atoms with Gasteiger partial charge in [0.2, 0.25) is 5.91 Å². The number of nitrogens with one attached hydrogen (secondary N) is 1. The number of carbonyl (C=O) groups excluding carboxylic acids is 2. The van der Waals surface area contributed by atoms with Crippen molar-refractivity contribution in [2.24, 2.45) is 0 Å². The molecular formula is C30H29N3O5S. The molecule has 0 atom stereocenters. The van der Waals surface area contributed by atoms with E-state index in [2.05, 4.69) is 10.2 Å². The molecule has 4 aromatic rings. The second-order valence-electron chi connectivity index (χ2n) is 9.37. The third-order valence-electron chi connectivity index (χ3n) is 6.82. The number of amides is 2. The van der Waals surface area contributed by atoms with Crippen molar-refractivity contribution in [2.45, 2.75) is 4.90 Å². The molecular weight excluding hydrogens is 514 g/mol. The molecule has 0 radical (unpaired) electrons. The maximum absolute atomic E-state index is 12.8. The maximum Gasteiger partial charge on any atom is 0.253 e. The van der Waals surface area contributed by atoms with Gasteiger partial charge >= 0.3 is 0 Å². The Morgan fingerprint density at radius 3 is 2.15 bits per heavy atom. The number of benzene rings is 4. The average molecular weight is 544 g/mol. The number of hydrogen-bond acceptors (Lipinski definition) is 6. The second-order valence-corrected chi connectivity index (χ2v) is 11.4. The van der Waals surface area contributed by atoms with E-state index in [4.69, 9.17) is 4.74 Å². The fraction of sp³-hybridized carbons (Fsp3) is 0.200. The Bertz CT molecular complexity index is 1590. The first-order valence-electron chi connectivity index (χ1n) is 12.6. The van der Waals surface area contributed by atoms with Gasteiger partial charge in [0.15, 0.2) is 9.84 Å². The normalized spacial score (nSPS) is 13.8. The summed E-state index contributed by atoms with van der Waals surface area (Å²) in [6.45, 7) is 2.54. The molecule has 0 aromatic heterocycles. The lowest BCUT2D eigenvalue weighted by Crippen LogP contribution is -2.48. The number of fused-ring (bicyclic) bond motifs is 1. The Balaban J connectivity index is 1.15. The van der Waals surface area contributed by atoms with Crippen molar-refractivity contribution in [1.29, 1.82) is 0 Å². The van der Waals surface area contributed by atoms with E-state index in [9.17, 15) is 18.0 Å². The summed E-state index contributed by atoms with van der Waals surface area (Å²) in [6.07, 6.45) is 0. The number of hydrogen-bond donors (Lipinski definition) is 1. The molecule has 0 bridgehead atoms. The Hall–Kier alpha value is -4.37. The Labute approximate surface area is 227 Å². The molecule has 1 aliphatic rings. The molecule has 9 heteroatoms. The van der Waals surface area contributed by atoms with E-state index in [1.807, 2.05) is 41.3 Å². The summed E-state index contributed by atoms with van der Waals surface area (Å²) >= 11 is 0. The highest BCUT2D eigenvalue weighted by atomic mass is 32.2. The van der Waals surface area contributed by atoms with Crippen molar-refractivity contribution in [3.8, 4) is 5.75 Å². The van der Waals surface area contributed by atoms with E-state index in [1.54, 1.807) is 55.6 Å². The SMILES string of the molecule is COc1ccc(C(=O)N2CCN(c3ccc(NC(=O)CS(=O)(=O)c4ccc5ccccc5c4)cc3)CC2)cc1. The third-order valence-corrected chi connectivity index (χ3v) is 8.44. The second kappa shape index (κ2) is 11.2. The first kappa shape index (κ1) is 26.2. The summed E-state index contributed by atoms with van der Waals surface area (Å²) in [6, 6.07) is 26.7. The van der Waals surface area contributed by atoms with E-state index < -0.39 is 21.5 Å². The molecule has 0 spiro atoms.